The van der Waals surface area contributed by atoms with E-state index in [0.29, 0.717) is 0 Å². The summed E-state index contributed by atoms with van der Waals surface area (Å²) in [5, 5.41) is 0. The molecule has 10 heavy (non-hydrogen) atoms. The highest BCUT2D eigenvalue weighted by atomic mass is 127. The number of rotatable bonds is 0. The van der Waals surface area contributed by atoms with E-state index < -0.39 is 0 Å². The number of nitrogens with zero attached hydrogens (tertiary/aromatic N) is 1. The van der Waals surface area contributed by atoms with Crippen molar-refractivity contribution in [2.24, 2.45) is 0 Å². The Morgan fingerprint density at radius 1 is 1.40 bits per heavy atom. The van der Waals surface area contributed by atoms with E-state index in [1.165, 1.54) is 9.96 Å². The first-order valence-corrected chi connectivity index (χ1v) is 3.93. The third kappa shape index (κ3) is 0.901. The quantitative estimate of drug-likeness (QED) is 0.666. The van der Waals surface area contributed by atoms with Crippen LogP contribution < -0.4 is 0 Å². The number of aromatic nitrogens is 1. The SMILES string of the molecule is Ic1ccc2ocnc2c1. The molecule has 0 saturated heterocycles. The van der Waals surface area contributed by atoms with Crippen molar-refractivity contribution in [1.29, 1.82) is 0 Å². The van der Waals surface area contributed by atoms with Crippen molar-refractivity contribution >= 4 is 33.7 Å². The summed E-state index contributed by atoms with van der Waals surface area (Å²) < 4.78 is 6.24. The summed E-state index contributed by atoms with van der Waals surface area (Å²) in [6, 6.07) is 5.90. The summed E-state index contributed by atoms with van der Waals surface area (Å²) in [6.45, 7) is 0. The molecular formula is C7H4INO. The summed E-state index contributed by atoms with van der Waals surface area (Å²) in [7, 11) is 0. The Bertz CT molecular complexity index is 355. The molecule has 2 rings (SSSR count). The van der Waals surface area contributed by atoms with Crippen molar-refractivity contribution in [2.45, 2.75) is 0 Å². The van der Waals surface area contributed by atoms with E-state index in [2.05, 4.69) is 27.6 Å². The normalized spacial score (nSPS) is 10.5. The molecule has 0 aliphatic carbocycles. The third-order valence-electron chi connectivity index (χ3n) is 1.29. The van der Waals surface area contributed by atoms with Gasteiger partial charge in [-0.05, 0) is 40.8 Å². The van der Waals surface area contributed by atoms with Crippen molar-refractivity contribution in [1.82, 2.24) is 4.98 Å². The molecule has 2 aromatic rings. The third-order valence-corrected chi connectivity index (χ3v) is 1.96. The molecule has 3 heteroatoms. The molecular weight excluding hydrogens is 241 g/mol. The fourth-order valence-corrected chi connectivity index (χ4v) is 1.31. The zero-order chi connectivity index (χ0) is 6.97. The van der Waals surface area contributed by atoms with E-state index in [-0.39, 0.29) is 0 Å². The van der Waals surface area contributed by atoms with E-state index in [1.54, 1.807) is 0 Å². The smallest absolute Gasteiger partial charge is 0.181 e. The molecule has 2 nitrogen and oxygen atoms in total. The Balaban J connectivity index is 2.86. The van der Waals surface area contributed by atoms with Crippen LogP contribution >= 0.6 is 22.6 Å². The highest BCUT2D eigenvalue weighted by Crippen LogP contribution is 2.14. The van der Waals surface area contributed by atoms with Crippen molar-refractivity contribution in [2.75, 3.05) is 0 Å². The van der Waals surface area contributed by atoms with Crippen molar-refractivity contribution in [3.63, 3.8) is 0 Å². The second-order valence-electron chi connectivity index (χ2n) is 1.96. The van der Waals surface area contributed by atoms with Crippen LogP contribution in [-0.2, 0) is 0 Å². The van der Waals surface area contributed by atoms with Gasteiger partial charge >= 0.3 is 0 Å². The highest BCUT2D eigenvalue weighted by molar-refractivity contribution is 14.1. The summed E-state index contributed by atoms with van der Waals surface area (Å²) >= 11 is 2.24. The standard InChI is InChI=1S/C7H4INO/c8-5-1-2-7-6(3-5)9-4-10-7/h1-4H. The largest absolute Gasteiger partial charge is 0.443 e. The Hall–Kier alpha value is -0.580. The molecule has 0 fully saturated rings. The van der Waals surface area contributed by atoms with Crippen LogP contribution in [0.3, 0.4) is 0 Å². The predicted molar refractivity (Wildman–Crippen MR) is 46.7 cm³/mol. The number of fused-ring (bicyclic) bond motifs is 1. The molecule has 0 unspecified atom stereocenters. The summed E-state index contributed by atoms with van der Waals surface area (Å²) in [4.78, 5) is 4.01. The van der Waals surface area contributed by atoms with E-state index in [0.717, 1.165) is 11.1 Å². The van der Waals surface area contributed by atoms with Crippen LogP contribution in [0.1, 0.15) is 0 Å². The molecule has 50 valence electrons. The maximum absolute atomic E-state index is 5.06. The predicted octanol–water partition coefficient (Wildman–Crippen LogP) is 2.43. The van der Waals surface area contributed by atoms with E-state index >= 15 is 0 Å². The van der Waals surface area contributed by atoms with Crippen LogP contribution in [0.5, 0.6) is 0 Å². The topological polar surface area (TPSA) is 26.0 Å². The molecule has 0 saturated carbocycles. The Kier molecular flexibility index (Phi) is 1.37. The number of hydrogen-bond donors (Lipinski definition) is 0. The lowest BCUT2D eigenvalue weighted by Crippen LogP contribution is -1.69. The van der Waals surface area contributed by atoms with Gasteiger partial charge in [-0.2, -0.15) is 0 Å². The van der Waals surface area contributed by atoms with Gasteiger partial charge in [-0.25, -0.2) is 4.98 Å². The van der Waals surface area contributed by atoms with Gasteiger partial charge in [0.25, 0.3) is 0 Å². The Labute approximate surface area is 71.4 Å². The maximum atomic E-state index is 5.06. The first-order chi connectivity index (χ1) is 4.86. The van der Waals surface area contributed by atoms with Gasteiger partial charge < -0.3 is 4.42 Å². The van der Waals surface area contributed by atoms with Crippen molar-refractivity contribution in [3.8, 4) is 0 Å². The first-order valence-electron chi connectivity index (χ1n) is 2.85. The Morgan fingerprint density at radius 3 is 3.20 bits per heavy atom. The zero-order valence-corrected chi connectivity index (χ0v) is 7.20. The van der Waals surface area contributed by atoms with Crippen molar-refractivity contribution in [3.05, 3.63) is 28.2 Å². The molecule has 1 heterocycles. The molecule has 0 amide bonds. The molecule has 0 atom stereocenters. The molecule has 1 aromatic heterocycles. The average Bonchev–Trinajstić information content (AvgIpc) is 2.33. The van der Waals surface area contributed by atoms with Crippen LogP contribution in [0.4, 0.5) is 0 Å². The molecule has 0 aliphatic rings. The van der Waals surface area contributed by atoms with Crippen LogP contribution in [0, 0.1) is 3.57 Å². The zero-order valence-electron chi connectivity index (χ0n) is 5.04. The second kappa shape index (κ2) is 2.23. The van der Waals surface area contributed by atoms with Crippen LogP contribution in [-0.4, -0.2) is 4.98 Å². The van der Waals surface area contributed by atoms with E-state index in [9.17, 15) is 0 Å². The van der Waals surface area contributed by atoms with Gasteiger partial charge in [-0.3, -0.25) is 0 Å². The molecule has 0 radical (unpaired) electrons. The molecule has 0 bridgehead atoms. The molecule has 0 N–H and O–H groups in total. The van der Waals surface area contributed by atoms with Crippen LogP contribution in [0.25, 0.3) is 11.1 Å². The van der Waals surface area contributed by atoms with Gasteiger partial charge in [-0.1, -0.05) is 0 Å². The minimum Gasteiger partial charge on any atom is -0.443 e. The van der Waals surface area contributed by atoms with Gasteiger partial charge in [0.15, 0.2) is 12.0 Å². The molecule has 0 aliphatic heterocycles. The summed E-state index contributed by atoms with van der Waals surface area (Å²) in [5.74, 6) is 0. The van der Waals surface area contributed by atoms with Crippen molar-refractivity contribution < 1.29 is 4.42 Å². The minimum absolute atomic E-state index is 0.848. The lowest BCUT2D eigenvalue weighted by Gasteiger charge is -1.86. The average molecular weight is 245 g/mol. The van der Waals surface area contributed by atoms with Crippen LogP contribution in [0.2, 0.25) is 0 Å². The lowest BCUT2D eigenvalue weighted by molar-refractivity contribution is 0.602. The number of oxazole rings is 1. The highest BCUT2D eigenvalue weighted by Gasteiger charge is 1.95. The minimum atomic E-state index is 0.848. The number of halogens is 1. The second-order valence-corrected chi connectivity index (χ2v) is 3.21. The molecule has 0 spiro atoms. The Morgan fingerprint density at radius 2 is 2.30 bits per heavy atom. The fourth-order valence-electron chi connectivity index (χ4n) is 0.831. The monoisotopic (exact) mass is 245 g/mol. The molecule has 1 aromatic carbocycles. The van der Waals surface area contributed by atoms with Crippen LogP contribution in [0.15, 0.2) is 29.0 Å². The van der Waals surface area contributed by atoms with Gasteiger partial charge in [0.1, 0.15) is 5.52 Å². The fraction of sp³-hybridized carbons (Fsp3) is 0. The number of hydrogen-bond acceptors (Lipinski definition) is 2. The summed E-state index contributed by atoms with van der Waals surface area (Å²) in [5.41, 5.74) is 1.77. The first kappa shape index (κ1) is 6.15. The lowest BCUT2D eigenvalue weighted by atomic mass is 10.3. The van der Waals surface area contributed by atoms with Gasteiger partial charge in [0.2, 0.25) is 0 Å². The van der Waals surface area contributed by atoms with Gasteiger partial charge in [0, 0.05) is 3.57 Å². The van der Waals surface area contributed by atoms with Gasteiger partial charge in [-0.15, -0.1) is 0 Å². The maximum Gasteiger partial charge on any atom is 0.181 e. The van der Waals surface area contributed by atoms with Gasteiger partial charge in [0.05, 0.1) is 0 Å². The van der Waals surface area contributed by atoms with E-state index in [4.69, 9.17) is 4.42 Å². The number of benzene rings is 1. The summed E-state index contributed by atoms with van der Waals surface area (Å²) in [6.07, 6.45) is 1.46. The van der Waals surface area contributed by atoms with E-state index in [1.807, 2.05) is 18.2 Å².